The minimum absolute atomic E-state index is 0.0886. The molecule has 0 spiro atoms. The first-order valence-electron chi connectivity index (χ1n) is 5.85. The maximum Gasteiger partial charge on any atom is 0.419 e. The maximum absolute atomic E-state index is 12.7. The SMILES string of the molecule is CC(C)CC(N)COc1ccccc1C(F)(F)F. The zero-order valence-corrected chi connectivity index (χ0v) is 10.5. The summed E-state index contributed by atoms with van der Waals surface area (Å²) in [6.07, 6.45) is -3.69. The molecular weight excluding hydrogens is 243 g/mol. The highest BCUT2D eigenvalue weighted by Crippen LogP contribution is 2.35. The molecule has 0 fully saturated rings. The van der Waals surface area contributed by atoms with Crippen LogP contribution in [0.2, 0.25) is 0 Å². The molecule has 0 saturated carbocycles. The monoisotopic (exact) mass is 261 g/mol. The molecule has 1 aromatic carbocycles. The fourth-order valence-electron chi connectivity index (χ4n) is 1.70. The summed E-state index contributed by atoms with van der Waals surface area (Å²) in [4.78, 5) is 0. The van der Waals surface area contributed by atoms with Crippen LogP contribution < -0.4 is 10.5 Å². The van der Waals surface area contributed by atoms with Crippen molar-refractivity contribution in [2.24, 2.45) is 11.7 Å². The number of benzene rings is 1. The highest BCUT2D eigenvalue weighted by atomic mass is 19.4. The van der Waals surface area contributed by atoms with E-state index in [1.165, 1.54) is 18.2 Å². The van der Waals surface area contributed by atoms with Gasteiger partial charge in [0.1, 0.15) is 12.4 Å². The molecule has 2 N–H and O–H groups in total. The summed E-state index contributed by atoms with van der Waals surface area (Å²) in [5.74, 6) is 0.227. The molecular formula is C13H18F3NO. The summed E-state index contributed by atoms with van der Waals surface area (Å²) in [6, 6.07) is 4.91. The Morgan fingerprint density at radius 3 is 2.39 bits per heavy atom. The number of hydrogen-bond donors (Lipinski definition) is 1. The van der Waals surface area contributed by atoms with Gasteiger partial charge in [0.2, 0.25) is 0 Å². The van der Waals surface area contributed by atoms with Gasteiger partial charge in [-0.25, -0.2) is 0 Å². The number of ether oxygens (including phenoxy) is 1. The lowest BCUT2D eigenvalue weighted by Crippen LogP contribution is -2.29. The average molecular weight is 261 g/mol. The molecule has 0 aliphatic carbocycles. The molecule has 18 heavy (non-hydrogen) atoms. The van der Waals surface area contributed by atoms with Crippen LogP contribution in [-0.4, -0.2) is 12.6 Å². The predicted molar refractivity (Wildman–Crippen MR) is 64.4 cm³/mol. The standard InChI is InChI=1S/C13H18F3NO/c1-9(2)7-10(17)8-18-12-6-4-3-5-11(12)13(14,15)16/h3-6,9-10H,7-8,17H2,1-2H3. The Labute approximate surface area is 105 Å². The lowest BCUT2D eigenvalue weighted by atomic mass is 10.1. The molecule has 102 valence electrons. The molecule has 1 unspecified atom stereocenters. The molecule has 0 saturated heterocycles. The quantitative estimate of drug-likeness (QED) is 0.881. The Morgan fingerprint density at radius 1 is 1.22 bits per heavy atom. The van der Waals surface area contributed by atoms with Crippen LogP contribution in [0.3, 0.4) is 0 Å². The molecule has 0 aromatic heterocycles. The number of hydrogen-bond acceptors (Lipinski definition) is 2. The number of rotatable bonds is 5. The highest BCUT2D eigenvalue weighted by Gasteiger charge is 2.34. The third kappa shape index (κ3) is 4.56. The fraction of sp³-hybridized carbons (Fsp3) is 0.538. The lowest BCUT2D eigenvalue weighted by Gasteiger charge is -2.17. The van der Waals surface area contributed by atoms with Crippen LogP contribution in [0.25, 0.3) is 0 Å². The highest BCUT2D eigenvalue weighted by molar-refractivity contribution is 5.35. The van der Waals surface area contributed by atoms with E-state index in [4.69, 9.17) is 10.5 Å². The maximum atomic E-state index is 12.7. The topological polar surface area (TPSA) is 35.2 Å². The van der Waals surface area contributed by atoms with Crippen molar-refractivity contribution in [2.75, 3.05) is 6.61 Å². The van der Waals surface area contributed by atoms with E-state index < -0.39 is 11.7 Å². The number of nitrogens with two attached hydrogens (primary N) is 1. The Morgan fingerprint density at radius 2 is 1.83 bits per heavy atom. The van der Waals surface area contributed by atoms with Gasteiger partial charge in [0.05, 0.1) is 5.56 Å². The van der Waals surface area contributed by atoms with Gasteiger partial charge in [0, 0.05) is 6.04 Å². The summed E-state index contributed by atoms with van der Waals surface area (Å²) in [5, 5.41) is 0. The van der Waals surface area contributed by atoms with E-state index in [0.29, 0.717) is 12.3 Å². The van der Waals surface area contributed by atoms with Gasteiger partial charge in [-0.3, -0.25) is 0 Å². The van der Waals surface area contributed by atoms with Crippen LogP contribution in [0, 0.1) is 5.92 Å². The summed E-state index contributed by atoms with van der Waals surface area (Å²) < 4.78 is 43.2. The molecule has 0 bridgehead atoms. The van der Waals surface area contributed by atoms with Gasteiger partial charge in [0.25, 0.3) is 0 Å². The first kappa shape index (κ1) is 14.8. The van der Waals surface area contributed by atoms with E-state index in [1.807, 2.05) is 13.8 Å². The molecule has 0 amide bonds. The van der Waals surface area contributed by atoms with Crippen LogP contribution >= 0.6 is 0 Å². The van der Waals surface area contributed by atoms with E-state index in [2.05, 4.69) is 0 Å². The number of halogens is 3. The van der Waals surface area contributed by atoms with Gasteiger partial charge >= 0.3 is 6.18 Å². The summed E-state index contributed by atoms with van der Waals surface area (Å²) in [5.41, 5.74) is 5.01. The molecule has 0 radical (unpaired) electrons. The third-order valence-electron chi connectivity index (χ3n) is 2.42. The second-order valence-corrected chi connectivity index (χ2v) is 4.69. The van der Waals surface area contributed by atoms with E-state index in [0.717, 1.165) is 6.07 Å². The van der Waals surface area contributed by atoms with Crippen molar-refractivity contribution in [1.29, 1.82) is 0 Å². The van der Waals surface area contributed by atoms with Crippen molar-refractivity contribution < 1.29 is 17.9 Å². The van der Waals surface area contributed by atoms with Crippen molar-refractivity contribution in [1.82, 2.24) is 0 Å². The van der Waals surface area contributed by atoms with Crippen molar-refractivity contribution in [2.45, 2.75) is 32.5 Å². The Kier molecular flexibility index (Phi) is 5.02. The molecule has 0 aliphatic rings. The van der Waals surface area contributed by atoms with E-state index >= 15 is 0 Å². The lowest BCUT2D eigenvalue weighted by molar-refractivity contribution is -0.139. The van der Waals surface area contributed by atoms with E-state index in [-0.39, 0.29) is 18.4 Å². The minimum Gasteiger partial charge on any atom is -0.491 e. The van der Waals surface area contributed by atoms with Gasteiger partial charge in [0.15, 0.2) is 0 Å². The van der Waals surface area contributed by atoms with E-state index in [9.17, 15) is 13.2 Å². The smallest absolute Gasteiger partial charge is 0.419 e. The number of alkyl halides is 3. The largest absolute Gasteiger partial charge is 0.491 e. The normalized spacial score (nSPS) is 13.7. The van der Waals surface area contributed by atoms with Crippen LogP contribution in [0.15, 0.2) is 24.3 Å². The molecule has 0 heterocycles. The van der Waals surface area contributed by atoms with E-state index in [1.54, 1.807) is 0 Å². The average Bonchev–Trinajstić information content (AvgIpc) is 2.24. The molecule has 1 aromatic rings. The first-order chi connectivity index (χ1) is 8.30. The Balaban J connectivity index is 2.68. The summed E-state index contributed by atoms with van der Waals surface area (Å²) in [6.45, 7) is 4.10. The zero-order valence-electron chi connectivity index (χ0n) is 10.5. The van der Waals surface area contributed by atoms with Gasteiger partial charge in [-0.2, -0.15) is 13.2 Å². The van der Waals surface area contributed by atoms with Crippen molar-refractivity contribution >= 4 is 0 Å². The summed E-state index contributed by atoms with van der Waals surface area (Å²) in [7, 11) is 0. The van der Waals surface area contributed by atoms with Gasteiger partial charge in [-0.15, -0.1) is 0 Å². The van der Waals surface area contributed by atoms with Gasteiger partial charge in [-0.05, 0) is 24.5 Å². The predicted octanol–water partition coefficient (Wildman–Crippen LogP) is 3.46. The first-order valence-corrected chi connectivity index (χ1v) is 5.85. The van der Waals surface area contributed by atoms with Gasteiger partial charge in [-0.1, -0.05) is 26.0 Å². The summed E-state index contributed by atoms with van der Waals surface area (Å²) >= 11 is 0. The Bertz CT molecular complexity index is 377. The fourth-order valence-corrected chi connectivity index (χ4v) is 1.70. The van der Waals surface area contributed by atoms with Crippen molar-refractivity contribution in [3.05, 3.63) is 29.8 Å². The molecule has 1 atom stereocenters. The minimum atomic E-state index is -4.40. The molecule has 5 heteroatoms. The van der Waals surface area contributed by atoms with Crippen LogP contribution in [0.5, 0.6) is 5.75 Å². The molecule has 0 aliphatic heterocycles. The number of para-hydroxylation sites is 1. The van der Waals surface area contributed by atoms with Crippen molar-refractivity contribution in [3.8, 4) is 5.75 Å². The Hall–Kier alpha value is -1.23. The molecule has 2 nitrogen and oxygen atoms in total. The van der Waals surface area contributed by atoms with Gasteiger partial charge < -0.3 is 10.5 Å². The molecule has 1 rings (SSSR count). The van der Waals surface area contributed by atoms with Crippen LogP contribution in [0.1, 0.15) is 25.8 Å². The van der Waals surface area contributed by atoms with Crippen LogP contribution in [-0.2, 0) is 6.18 Å². The second kappa shape index (κ2) is 6.09. The zero-order chi connectivity index (χ0) is 13.8. The third-order valence-corrected chi connectivity index (χ3v) is 2.42. The second-order valence-electron chi connectivity index (χ2n) is 4.69. The van der Waals surface area contributed by atoms with Crippen molar-refractivity contribution in [3.63, 3.8) is 0 Å². The van der Waals surface area contributed by atoms with Crippen LogP contribution in [0.4, 0.5) is 13.2 Å².